The van der Waals surface area contributed by atoms with Gasteiger partial charge in [0.15, 0.2) is 6.61 Å². The summed E-state index contributed by atoms with van der Waals surface area (Å²) in [5.74, 6) is -1.07. The molecule has 2 rings (SSSR count). The molecule has 0 radical (unpaired) electrons. The summed E-state index contributed by atoms with van der Waals surface area (Å²) in [5.41, 5.74) is 0.708. The van der Waals surface area contributed by atoms with E-state index in [1.165, 1.54) is 11.0 Å². The predicted octanol–water partition coefficient (Wildman–Crippen LogP) is 0.839. The van der Waals surface area contributed by atoms with Gasteiger partial charge in [-0.3, -0.25) is 9.59 Å². The molecule has 116 valence electrons. The maximum Gasteiger partial charge on any atom is 0.328 e. The van der Waals surface area contributed by atoms with Crippen LogP contribution in [0.4, 0.5) is 0 Å². The van der Waals surface area contributed by atoms with Crippen molar-refractivity contribution < 1.29 is 14.3 Å². The standard InChI is InChI=1S/C12H11Cl2N5O3/c13-9-2-1-8(10(14)3-9)4-15-11(20)6-22-12(21)5-19-7-16-17-18-19/h1-3,7H,4-6H2,(H,15,20). The summed E-state index contributed by atoms with van der Waals surface area (Å²) >= 11 is 11.8. The van der Waals surface area contributed by atoms with Crippen LogP contribution in [0.1, 0.15) is 5.56 Å². The largest absolute Gasteiger partial charge is 0.454 e. The third-order valence-electron chi connectivity index (χ3n) is 2.54. The molecule has 0 aliphatic carbocycles. The highest BCUT2D eigenvalue weighted by molar-refractivity contribution is 6.35. The zero-order chi connectivity index (χ0) is 15.9. The summed E-state index contributed by atoms with van der Waals surface area (Å²) in [4.78, 5) is 23.0. The topological polar surface area (TPSA) is 99.0 Å². The maximum absolute atomic E-state index is 11.6. The van der Waals surface area contributed by atoms with Crippen molar-refractivity contribution >= 4 is 35.1 Å². The summed E-state index contributed by atoms with van der Waals surface area (Å²) in [6, 6.07) is 4.95. The van der Waals surface area contributed by atoms with Gasteiger partial charge in [0.05, 0.1) is 0 Å². The van der Waals surface area contributed by atoms with Crippen LogP contribution in [-0.4, -0.2) is 38.7 Å². The number of aromatic nitrogens is 4. The van der Waals surface area contributed by atoms with Gasteiger partial charge in [-0.05, 0) is 28.1 Å². The van der Waals surface area contributed by atoms with Crippen LogP contribution in [0, 0.1) is 0 Å². The van der Waals surface area contributed by atoms with Crippen LogP contribution in [0.15, 0.2) is 24.5 Å². The van der Waals surface area contributed by atoms with Crippen molar-refractivity contribution in [3.8, 4) is 0 Å². The number of rotatable bonds is 6. The fourth-order valence-electron chi connectivity index (χ4n) is 1.49. The number of nitrogens with zero attached hydrogens (tertiary/aromatic N) is 4. The van der Waals surface area contributed by atoms with E-state index in [2.05, 4.69) is 20.8 Å². The molecule has 1 aromatic heterocycles. The van der Waals surface area contributed by atoms with E-state index in [1.54, 1.807) is 18.2 Å². The number of carbonyl (C=O) groups excluding carboxylic acids is 2. The Bertz CT molecular complexity index is 663. The lowest BCUT2D eigenvalue weighted by atomic mass is 10.2. The van der Waals surface area contributed by atoms with Crippen molar-refractivity contribution in [2.45, 2.75) is 13.1 Å². The van der Waals surface area contributed by atoms with Gasteiger partial charge in [-0.1, -0.05) is 29.3 Å². The average Bonchev–Trinajstić information content (AvgIpc) is 2.97. The minimum atomic E-state index is -0.619. The quantitative estimate of drug-likeness (QED) is 0.780. The Kier molecular flexibility index (Phi) is 5.68. The summed E-state index contributed by atoms with van der Waals surface area (Å²) in [7, 11) is 0. The zero-order valence-corrected chi connectivity index (χ0v) is 12.7. The second kappa shape index (κ2) is 7.71. The first kappa shape index (κ1) is 16.2. The molecule has 0 unspecified atom stereocenters. The smallest absolute Gasteiger partial charge is 0.328 e. The van der Waals surface area contributed by atoms with Crippen LogP contribution in [0.5, 0.6) is 0 Å². The van der Waals surface area contributed by atoms with E-state index in [9.17, 15) is 9.59 Å². The number of amides is 1. The van der Waals surface area contributed by atoms with Gasteiger partial charge in [0.1, 0.15) is 12.9 Å². The fourth-order valence-corrected chi connectivity index (χ4v) is 1.96. The van der Waals surface area contributed by atoms with Crippen molar-refractivity contribution in [2.75, 3.05) is 6.61 Å². The molecule has 22 heavy (non-hydrogen) atoms. The van der Waals surface area contributed by atoms with Crippen LogP contribution in [0.2, 0.25) is 10.0 Å². The minimum absolute atomic E-state index is 0.163. The highest BCUT2D eigenvalue weighted by atomic mass is 35.5. The molecule has 1 aromatic carbocycles. The highest BCUT2D eigenvalue weighted by Crippen LogP contribution is 2.20. The number of halogens is 2. The van der Waals surface area contributed by atoms with E-state index in [1.807, 2.05) is 0 Å². The third-order valence-corrected chi connectivity index (χ3v) is 3.12. The van der Waals surface area contributed by atoms with Gasteiger partial charge in [-0.15, -0.1) is 5.10 Å². The Labute approximate surface area is 135 Å². The van der Waals surface area contributed by atoms with Gasteiger partial charge >= 0.3 is 5.97 Å². The van der Waals surface area contributed by atoms with E-state index in [4.69, 9.17) is 27.9 Å². The molecule has 0 aliphatic heterocycles. The first-order valence-electron chi connectivity index (χ1n) is 6.11. The molecule has 0 aliphatic rings. The monoisotopic (exact) mass is 343 g/mol. The van der Waals surface area contributed by atoms with E-state index in [0.29, 0.717) is 15.6 Å². The SMILES string of the molecule is O=C(COC(=O)Cn1cnnn1)NCc1ccc(Cl)cc1Cl. The van der Waals surface area contributed by atoms with Gasteiger partial charge in [0.25, 0.3) is 5.91 Å². The summed E-state index contributed by atoms with van der Waals surface area (Å²) in [6.07, 6.45) is 1.27. The predicted molar refractivity (Wildman–Crippen MR) is 77.1 cm³/mol. The number of ether oxygens (including phenoxy) is 1. The van der Waals surface area contributed by atoms with Crippen LogP contribution in [-0.2, 0) is 27.4 Å². The summed E-state index contributed by atoms with van der Waals surface area (Å²) in [5, 5.41) is 13.8. The number of nitrogens with one attached hydrogen (secondary N) is 1. The molecule has 1 amide bonds. The molecular weight excluding hydrogens is 333 g/mol. The number of hydrogen-bond donors (Lipinski definition) is 1. The Morgan fingerprint density at radius 2 is 2.14 bits per heavy atom. The van der Waals surface area contributed by atoms with Crippen LogP contribution in [0.25, 0.3) is 0 Å². The van der Waals surface area contributed by atoms with E-state index in [-0.39, 0.29) is 13.1 Å². The molecule has 10 heteroatoms. The summed E-state index contributed by atoms with van der Waals surface area (Å²) in [6.45, 7) is -0.352. The molecule has 0 saturated carbocycles. The van der Waals surface area contributed by atoms with Crippen LogP contribution < -0.4 is 5.32 Å². The molecule has 0 atom stereocenters. The molecule has 0 bridgehead atoms. The van der Waals surface area contributed by atoms with Crippen molar-refractivity contribution in [1.29, 1.82) is 0 Å². The zero-order valence-electron chi connectivity index (χ0n) is 11.2. The van der Waals surface area contributed by atoms with Crippen LogP contribution >= 0.6 is 23.2 Å². The molecule has 0 fully saturated rings. The molecule has 1 N–H and O–H groups in total. The van der Waals surface area contributed by atoms with E-state index < -0.39 is 18.5 Å². The Morgan fingerprint density at radius 3 is 2.82 bits per heavy atom. The lowest BCUT2D eigenvalue weighted by Gasteiger charge is -2.08. The molecule has 0 saturated heterocycles. The lowest BCUT2D eigenvalue weighted by molar-refractivity contribution is -0.149. The number of benzene rings is 1. The van der Waals surface area contributed by atoms with Crippen molar-refractivity contribution in [3.63, 3.8) is 0 Å². The first-order chi connectivity index (χ1) is 10.5. The molecular formula is C12H11Cl2N5O3. The maximum atomic E-state index is 11.6. The van der Waals surface area contributed by atoms with Gasteiger partial charge < -0.3 is 10.1 Å². The molecule has 2 aromatic rings. The van der Waals surface area contributed by atoms with Gasteiger partial charge in [0, 0.05) is 16.6 Å². The van der Waals surface area contributed by atoms with Crippen molar-refractivity contribution in [3.05, 3.63) is 40.1 Å². The minimum Gasteiger partial charge on any atom is -0.454 e. The van der Waals surface area contributed by atoms with Crippen LogP contribution in [0.3, 0.4) is 0 Å². The number of carbonyl (C=O) groups is 2. The summed E-state index contributed by atoms with van der Waals surface area (Å²) < 4.78 is 5.98. The first-order valence-corrected chi connectivity index (χ1v) is 6.87. The van der Waals surface area contributed by atoms with Crippen molar-refractivity contribution in [2.24, 2.45) is 0 Å². The lowest BCUT2D eigenvalue weighted by Crippen LogP contribution is -2.29. The second-order valence-corrected chi connectivity index (χ2v) is 5.02. The normalized spacial score (nSPS) is 10.3. The van der Waals surface area contributed by atoms with Gasteiger partial charge in [-0.25, -0.2) is 4.68 Å². The molecule has 8 nitrogen and oxygen atoms in total. The van der Waals surface area contributed by atoms with Gasteiger partial charge in [0.2, 0.25) is 0 Å². The molecule has 0 spiro atoms. The highest BCUT2D eigenvalue weighted by Gasteiger charge is 2.09. The Morgan fingerprint density at radius 1 is 1.32 bits per heavy atom. The number of tetrazole rings is 1. The second-order valence-electron chi connectivity index (χ2n) is 4.18. The van der Waals surface area contributed by atoms with Crippen molar-refractivity contribution in [1.82, 2.24) is 25.5 Å². The third kappa shape index (κ3) is 4.97. The van der Waals surface area contributed by atoms with E-state index in [0.717, 1.165) is 0 Å². The molecule has 1 heterocycles. The van der Waals surface area contributed by atoms with Gasteiger partial charge in [-0.2, -0.15) is 0 Å². The van der Waals surface area contributed by atoms with E-state index >= 15 is 0 Å². The number of hydrogen-bond acceptors (Lipinski definition) is 6. The number of esters is 1. The fraction of sp³-hybridized carbons (Fsp3) is 0.250. The average molecular weight is 344 g/mol. The Hall–Kier alpha value is -2.19. The Balaban J connectivity index is 1.72.